The second-order valence-electron chi connectivity index (χ2n) is 8.92. The molecular formula is C26H45N3. The van der Waals surface area contributed by atoms with Crippen LogP contribution in [0.15, 0.2) is 27.1 Å². The summed E-state index contributed by atoms with van der Waals surface area (Å²) in [5, 5.41) is 0. The highest BCUT2D eigenvalue weighted by molar-refractivity contribution is 6.31. The van der Waals surface area contributed by atoms with Gasteiger partial charge in [-0.1, -0.05) is 90.6 Å². The Hall–Kier alpha value is -1.25. The highest BCUT2D eigenvalue weighted by Gasteiger charge is 2.15. The number of rotatable bonds is 15. The van der Waals surface area contributed by atoms with Crippen LogP contribution in [0.25, 0.3) is 0 Å². The summed E-state index contributed by atoms with van der Waals surface area (Å²) in [7, 11) is 0. The molecule has 0 aromatic carbocycles. The summed E-state index contributed by atoms with van der Waals surface area (Å²) in [5.74, 6) is 0. The van der Waals surface area contributed by atoms with E-state index in [1.165, 1.54) is 101 Å². The number of nitrogens with zero attached hydrogens (tertiary/aromatic N) is 3. The van der Waals surface area contributed by atoms with Crippen LogP contribution in [0, 0.1) is 0 Å². The fraction of sp³-hybridized carbons (Fsp3) is 0.808. The molecular weight excluding hydrogens is 354 g/mol. The molecule has 0 N–H and O–H groups in total. The van der Waals surface area contributed by atoms with Gasteiger partial charge in [-0.2, -0.15) is 0 Å². The molecule has 2 aliphatic heterocycles. The Labute approximate surface area is 180 Å². The molecule has 164 valence electrons. The third kappa shape index (κ3) is 10.9. The standard InChI is InChI=1S/C26H45N3/c1-3-5-7-9-11-13-15-23-17-19-25(21-27-23)29-26-20-18-24(28-22-26)16-14-12-10-8-6-4-2/h17,19,22,24-25H,3-16,18,20-21H2,1-2H3. The Bertz CT molecular complexity index is 544. The zero-order valence-corrected chi connectivity index (χ0v) is 19.2. The predicted molar refractivity (Wildman–Crippen MR) is 130 cm³/mol. The van der Waals surface area contributed by atoms with Crippen molar-refractivity contribution in [1.29, 1.82) is 0 Å². The van der Waals surface area contributed by atoms with Crippen molar-refractivity contribution in [2.45, 2.75) is 129 Å². The minimum absolute atomic E-state index is 0.222. The molecule has 29 heavy (non-hydrogen) atoms. The van der Waals surface area contributed by atoms with Gasteiger partial charge in [0.15, 0.2) is 0 Å². The van der Waals surface area contributed by atoms with Crippen molar-refractivity contribution < 1.29 is 0 Å². The second kappa shape index (κ2) is 15.6. The van der Waals surface area contributed by atoms with E-state index in [1.807, 2.05) is 0 Å². The van der Waals surface area contributed by atoms with Crippen molar-refractivity contribution in [1.82, 2.24) is 0 Å². The summed E-state index contributed by atoms with van der Waals surface area (Å²) >= 11 is 0. The Morgan fingerprint density at radius 2 is 1.59 bits per heavy atom. The Balaban J connectivity index is 1.59. The molecule has 2 atom stereocenters. The first kappa shape index (κ1) is 24.0. The van der Waals surface area contributed by atoms with Gasteiger partial charge in [-0.25, -0.2) is 0 Å². The topological polar surface area (TPSA) is 37.1 Å². The molecule has 0 aliphatic carbocycles. The lowest BCUT2D eigenvalue weighted by molar-refractivity contribution is 0.518. The largest absolute Gasteiger partial charge is 0.288 e. The van der Waals surface area contributed by atoms with Gasteiger partial charge in [0.25, 0.3) is 0 Å². The molecule has 2 aliphatic rings. The zero-order chi connectivity index (χ0) is 20.6. The molecule has 0 fully saturated rings. The van der Waals surface area contributed by atoms with Gasteiger partial charge in [-0.15, -0.1) is 0 Å². The van der Waals surface area contributed by atoms with Crippen LogP contribution in [0.4, 0.5) is 0 Å². The first-order valence-electron chi connectivity index (χ1n) is 12.6. The van der Waals surface area contributed by atoms with Crippen LogP contribution < -0.4 is 0 Å². The van der Waals surface area contributed by atoms with Crippen molar-refractivity contribution in [2.75, 3.05) is 6.54 Å². The van der Waals surface area contributed by atoms with Crippen molar-refractivity contribution in [2.24, 2.45) is 15.0 Å². The molecule has 0 saturated heterocycles. The van der Waals surface area contributed by atoms with E-state index in [-0.39, 0.29) is 6.04 Å². The van der Waals surface area contributed by atoms with Crippen LogP contribution in [0.2, 0.25) is 0 Å². The number of hydrogen-bond acceptors (Lipinski definition) is 3. The lowest BCUT2D eigenvalue weighted by atomic mass is 9.99. The van der Waals surface area contributed by atoms with Gasteiger partial charge in [0.1, 0.15) is 0 Å². The highest BCUT2D eigenvalue weighted by Crippen LogP contribution is 2.18. The van der Waals surface area contributed by atoms with E-state index in [4.69, 9.17) is 15.0 Å². The van der Waals surface area contributed by atoms with Gasteiger partial charge in [0, 0.05) is 11.9 Å². The van der Waals surface area contributed by atoms with Crippen molar-refractivity contribution in [3.8, 4) is 0 Å². The monoisotopic (exact) mass is 399 g/mol. The molecule has 3 heteroatoms. The maximum Gasteiger partial charge on any atom is 0.0882 e. The molecule has 2 unspecified atom stereocenters. The molecule has 0 aromatic heterocycles. The first-order chi connectivity index (χ1) is 14.3. The van der Waals surface area contributed by atoms with E-state index in [1.54, 1.807) is 0 Å². The van der Waals surface area contributed by atoms with Crippen LogP contribution in [0.5, 0.6) is 0 Å². The van der Waals surface area contributed by atoms with E-state index >= 15 is 0 Å². The van der Waals surface area contributed by atoms with E-state index in [9.17, 15) is 0 Å². The van der Waals surface area contributed by atoms with Gasteiger partial charge < -0.3 is 0 Å². The Morgan fingerprint density at radius 3 is 2.21 bits per heavy atom. The van der Waals surface area contributed by atoms with Crippen molar-refractivity contribution >= 4 is 17.6 Å². The van der Waals surface area contributed by atoms with Gasteiger partial charge in [0.2, 0.25) is 0 Å². The van der Waals surface area contributed by atoms with E-state index < -0.39 is 0 Å². The molecule has 0 spiro atoms. The number of hydrogen-bond donors (Lipinski definition) is 0. The average Bonchev–Trinajstić information content (AvgIpc) is 2.75. The second-order valence-corrected chi connectivity index (χ2v) is 8.92. The van der Waals surface area contributed by atoms with Crippen LogP contribution in [-0.4, -0.2) is 36.3 Å². The predicted octanol–water partition coefficient (Wildman–Crippen LogP) is 7.54. The lowest BCUT2D eigenvalue weighted by Gasteiger charge is -2.19. The summed E-state index contributed by atoms with van der Waals surface area (Å²) in [6.45, 7) is 5.37. The van der Waals surface area contributed by atoms with E-state index in [2.05, 4.69) is 32.2 Å². The fourth-order valence-electron chi connectivity index (χ4n) is 4.21. The van der Waals surface area contributed by atoms with Gasteiger partial charge in [-0.3, -0.25) is 15.0 Å². The van der Waals surface area contributed by atoms with E-state index in [0.717, 1.165) is 19.4 Å². The van der Waals surface area contributed by atoms with Gasteiger partial charge in [0.05, 0.1) is 24.3 Å². The minimum atomic E-state index is 0.222. The molecule has 0 saturated carbocycles. The van der Waals surface area contributed by atoms with Gasteiger partial charge >= 0.3 is 0 Å². The normalized spacial score (nSPS) is 23.0. The summed E-state index contributed by atoms with van der Waals surface area (Å²) in [6.07, 6.45) is 27.5. The molecule has 0 aromatic rings. The molecule has 3 nitrogen and oxygen atoms in total. The number of unbranched alkanes of at least 4 members (excludes halogenated alkanes) is 10. The maximum absolute atomic E-state index is 4.90. The maximum atomic E-state index is 4.90. The van der Waals surface area contributed by atoms with Crippen molar-refractivity contribution in [3.63, 3.8) is 0 Å². The van der Waals surface area contributed by atoms with E-state index in [0.29, 0.717) is 6.04 Å². The van der Waals surface area contributed by atoms with Crippen molar-refractivity contribution in [3.05, 3.63) is 12.2 Å². The molecule has 0 radical (unpaired) electrons. The van der Waals surface area contributed by atoms with Crippen LogP contribution in [0.1, 0.15) is 117 Å². The smallest absolute Gasteiger partial charge is 0.0882 e. The summed E-state index contributed by atoms with van der Waals surface area (Å²) < 4.78 is 0. The molecule has 2 heterocycles. The number of aliphatic imine (C=N–C) groups is 3. The van der Waals surface area contributed by atoms with Gasteiger partial charge in [-0.05, 0) is 38.2 Å². The Morgan fingerprint density at radius 1 is 0.897 bits per heavy atom. The lowest BCUT2D eigenvalue weighted by Crippen LogP contribution is -2.20. The molecule has 0 amide bonds. The van der Waals surface area contributed by atoms with Crippen LogP contribution in [-0.2, 0) is 0 Å². The third-order valence-corrected chi connectivity index (χ3v) is 6.17. The Kier molecular flexibility index (Phi) is 12.9. The molecule has 2 rings (SSSR count). The van der Waals surface area contributed by atoms with Crippen LogP contribution in [0.3, 0.4) is 0 Å². The summed E-state index contributed by atoms with van der Waals surface area (Å²) in [4.78, 5) is 14.5. The zero-order valence-electron chi connectivity index (χ0n) is 19.2. The minimum Gasteiger partial charge on any atom is -0.288 e. The van der Waals surface area contributed by atoms with Crippen LogP contribution >= 0.6 is 0 Å². The quantitative estimate of drug-likeness (QED) is 0.255. The SMILES string of the molecule is CCCCCCCCC1=NCC(N=C2C=NC(CCCCCCCC)CC2)C=C1. The first-order valence-corrected chi connectivity index (χ1v) is 12.6. The summed E-state index contributed by atoms with van der Waals surface area (Å²) in [5.41, 5.74) is 2.45. The average molecular weight is 400 g/mol. The molecule has 0 bridgehead atoms. The highest BCUT2D eigenvalue weighted by atomic mass is 14.9. The number of allylic oxidation sites excluding steroid dienone is 1. The number of dihydropyridines is 1. The summed E-state index contributed by atoms with van der Waals surface area (Å²) in [6, 6.07) is 0.754. The third-order valence-electron chi connectivity index (χ3n) is 6.17. The fourth-order valence-corrected chi connectivity index (χ4v) is 4.21.